The lowest BCUT2D eigenvalue weighted by Gasteiger charge is -2.17. The molecule has 2 unspecified atom stereocenters. The number of ether oxygens (including phenoxy) is 1. The second kappa shape index (κ2) is 5.76. The Kier molecular flexibility index (Phi) is 4.27. The second-order valence-corrected chi connectivity index (χ2v) is 5.31. The van der Waals surface area contributed by atoms with Gasteiger partial charge in [0.25, 0.3) is 6.43 Å². The zero-order chi connectivity index (χ0) is 14.0. The molecule has 1 aromatic rings. The quantitative estimate of drug-likeness (QED) is 0.865. The third kappa shape index (κ3) is 3.17. The molecular formula is C15H21F2NO. The Bertz CT molecular complexity index is 448. The number of rotatable bonds is 5. The first-order valence-electron chi connectivity index (χ1n) is 6.85. The molecule has 0 bridgehead atoms. The number of alkyl halides is 2. The van der Waals surface area contributed by atoms with Crippen molar-refractivity contribution in [1.82, 2.24) is 0 Å². The van der Waals surface area contributed by atoms with E-state index < -0.39 is 13.0 Å². The lowest BCUT2D eigenvalue weighted by atomic mass is 9.95. The number of fused-ring (bicyclic) bond motifs is 1. The summed E-state index contributed by atoms with van der Waals surface area (Å²) in [5, 5.41) is 3.41. The highest BCUT2D eigenvalue weighted by molar-refractivity contribution is 5.62. The highest BCUT2D eigenvalue weighted by Gasteiger charge is 2.22. The molecule has 0 aromatic heterocycles. The Hall–Kier alpha value is -1.32. The molecule has 0 radical (unpaired) electrons. The molecule has 0 fully saturated rings. The smallest absolute Gasteiger partial charge is 0.272 e. The molecule has 1 heterocycles. The first-order chi connectivity index (χ1) is 9.01. The van der Waals surface area contributed by atoms with Crippen LogP contribution >= 0.6 is 0 Å². The van der Waals surface area contributed by atoms with Crippen LogP contribution < -0.4 is 10.1 Å². The van der Waals surface area contributed by atoms with Gasteiger partial charge in [0.15, 0.2) is 0 Å². The van der Waals surface area contributed by atoms with Crippen LogP contribution in [0, 0.1) is 0 Å². The molecule has 1 N–H and O–H groups in total. The molecule has 19 heavy (non-hydrogen) atoms. The van der Waals surface area contributed by atoms with Crippen molar-refractivity contribution in [2.45, 2.75) is 52.0 Å². The zero-order valence-corrected chi connectivity index (χ0v) is 11.7. The number of hydrogen-bond acceptors (Lipinski definition) is 2. The van der Waals surface area contributed by atoms with Gasteiger partial charge in [-0.2, -0.15) is 0 Å². The molecule has 2 nitrogen and oxygen atoms in total. The lowest BCUT2D eigenvalue weighted by Crippen LogP contribution is -2.09. The highest BCUT2D eigenvalue weighted by atomic mass is 19.3. The van der Waals surface area contributed by atoms with Gasteiger partial charge in [0.1, 0.15) is 12.4 Å². The van der Waals surface area contributed by atoms with Gasteiger partial charge in [-0.05, 0) is 48.9 Å². The summed E-state index contributed by atoms with van der Waals surface area (Å²) in [6.45, 7) is 5.76. The minimum Gasteiger partial charge on any atom is -0.487 e. The monoisotopic (exact) mass is 269 g/mol. The van der Waals surface area contributed by atoms with Gasteiger partial charge in [0, 0.05) is 11.7 Å². The summed E-state index contributed by atoms with van der Waals surface area (Å²) in [6.07, 6.45) is -0.560. The van der Waals surface area contributed by atoms with Crippen LogP contribution in [0.5, 0.6) is 5.75 Å². The van der Waals surface area contributed by atoms with Crippen LogP contribution in [-0.2, 0) is 6.42 Å². The van der Waals surface area contributed by atoms with E-state index in [-0.39, 0.29) is 0 Å². The van der Waals surface area contributed by atoms with Crippen LogP contribution in [0.3, 0.4) is 0 Å². The van der Waals surface area contributed by atoms with Gasteiger partial charge >= 0.3 is 0 Å². The minimum atomic E-state index is -2.44. The third-order valence-corrected chi connectivity index (χ3v) is 3.67. The van der Waals surface area contributed by atoms with Crippen LogP contribution in [0.25, 0.3) is 0 Å². The van der Waals surface area contributed by atoms with E-state index in [1.807, 2.05) is 6.07 Å². The second-order valence-electron chi connectivity index (χ2n) is 5.31. The molecular weight excluding hydrogens is 248 g/mol. The molecule has 1 aliphatic rings. The average molecular weight is 269 g/mol. The van der Waals surface area contributed by atoms with Crippen molar-refractivity contribution in [1.29, 1.82) is 0 Å². The topological polar surface area (TPSA) is 21.3 Å². The van der Waals surface area contributed by atoms with Gasteiger partial charge in [0.05, 0.1) is 0 Å². The lowest BCUT2D eigenvalue weighted by molar-refractivity contribution is 0.0812. The maximum absolute atomic E-state index is 12.3. The maximum Gasteiger partial charge on any atom is 0.272 e. The summed E-state index contributed by atoms with van der Waals surface area (Å²) in [5.74, 6) is 0.917. The first kappa shape index (κ1) is 14.1. The Morgan fingerprint density at radius 3 is 2.79 bits per heavy atom. The molecule has 0 saturated carbocycles. The SMILES string of the molecule is CCC(C)c1cc2c(cc1OCC(F)F)CC(C)N2. The van der Waals surface area contributed by atoms with E-state index in [0.717, 1.165) is 29.7 Å². The van der Waals surface area contributed by atoms with E-state index >= 15 is 0 Å². The molecule has 1 aliphatic heterocycles. The summed E-state index contributed by atoms with van der Waals surface area (Å²) in [6, 6.07) is 4.38. The van der Waals surface area contributed by atoms with Crippen molar-refractivity contribution < 1.29 is 13.5 Å². The summed E-state index contributed by atoms with van der Waals surface area (Å²) in [5.41, 5.74) is 3.29. The van der Waals surface area contributed by atoms with E-state index in [4.69, 9.17) is 4.74 Å². The van der Waals surface area contributed by atoms with E-state index in [9.17, 15) is 8.78 Å². The van der Waals surface area contributed by atoms with E-state index in [2.05, 4.69) is 32.2 Å². The molecule has 2 atom stereocenters. The van der Waals surface area contributed by atoms with E-state index in [1.54, 1.807) is 0 Å². The van der Waals surface area contributed by atoms with Crippen molar-refractivity contribution in [3.8, 4) is 5.75 Å². The zero-order valence-electron chi connectivity index (χ0n) is 11.7. The fraction of sp³-hybridized carbons (Fsp3) is 0.600. The molecule has 4 heteroatoms. The number of anilines is 1. The van der Waals surface area contributed by atoms with Gasteiger partial charge in [-0.25, -0.2) is 8.78 Å². The summed E-state index contributed by atoms with van der Waals surface area (Å²) < 4.78 is 30.0. The van der Waals surface area contributed by atoms with Crippen molar-refractivity contribution >= 4 is 5.69 Å². The standard InChI is InChI=1S/C15H21F2NO/c1-4-9(2)12-7-13-11(5-10(3)18-13)6-14(12)19-8-15(16)17/h6-7,9-10,15,18H,4-5,8H2,1-3H3. The highest BCUT2D eigenvalue weighted by Crippen LogP contribution is 2.37. The van der Waals surface area contributed by atoms with Crippen molar-refractivity contribution in [3.05, 3.63) is 23.3 Å². The fourth-order valence-electron chi connectivity index (χ4n) is 2.47. The molecule has 0 saturated heterocycles. The van der Waals surface area contributed by atoms with Crippen LogP contribution in [0.2, 0.25) is 0 Å². The normalized spacial score (nSPS) is 19.2. The molecule has 2 rings (SSSR count). The maximum atomic E-state index is 12.3. The van der Waals surface area contributed by atoms with Crippen molar-refractivity contribution in [2.75, 3.05) is 11.9 Å². The molecule has 106 valence electrons. The van der Waals surface area contributed by atoms with Gasteiger partial charge < -0.3 is 10.1 Å². The predicted molar refractivity (Wildman–Crippen MR) is 73.4 cm³/mol. The fourth-order valence-corrected chi connectivity index (χ4v) is 2.47. The molecule has 0 aliphatic carbocycles. The number of hydrogen-bond donors (Lipinski definition) is 1. The van der Waals surface area contributed by atoms with Crippen molar-refractivity contribution in [2.24, 2.45) is 0 Å². The predicted octanol–water partition coefficient (Wildman–Crippen LogP) is 4.20. The molecule has 0 amide bonds. The van der Waals surface area contributed by atoms with Crippen LogP contribution in [0.15, 0.2) is 12.1 Å². The average Bonchev–Trinajstić information content (AvgIpc) is 2.73. The third-order valence-electron chi connectivity index (χ3n) is 3.67. The van der Waals surface area contributed by atoms with Crippen LogP contribution in [-0.4, -0.2) is 19.1 Å². The molecule has 0 spiro atoms. The Morgan fingerprint density at radius 2 is 2.16 bits per heavy atom. The van der Waals surface area contributed by atoms with E-state index in [0.29, 0.717) is 17.7 Å². The Labute approximate surface area is 113 Å². The van der Waals surface area contributed by atoms with Gasteiger partial charge in [0.2, 0.25) is 0 Å². The number of halogens is 2. The number of nitrogens with one attached hydrogen (secondary N) is 1. The number of benzene rings is 1. The summed E-state index contributed by atoms with van der Waals surface area (Å²) >= 11 is 0. The van der Waals surface area contributed by atoms with Gasteiger partial charge in [-0.1, -0.05) is 13.8 Å². The largest absolute Gasteiger partial charge is 0.487 e. The minimum absolute atomic E-state index is 0.302. The van der Waals surface area contributed by atoms with Crippen LogP contribution in [0.4, 0.5) is 14.5 Å². The summed E-state index contributed by atoms with van der Waals surface area (Å²) in [7, 11) is 0. The van der Waals surface area contributed by atoms with Gasteiger partial charge in [-0.15, -0.1) is 0 Å². The van der Waals surface area contributed by atoms with Crippen molar-refractivity contribution in [3.63, 3.8) is 0 Å². The van der Waals surface area contributed by atoms with Crippen LogP contribution in [0.1, 0.15) is 44.2 Å². The first-order valence-corrected chi connectivity index (χ1v) is 6.85. The van der Waals surface area contributed by atoms with E-state index in [1.165, 1.54) is 0 Å². The Balaban J connectivity index is 2.31. The summed E-state index contributed by atoms with van der Waals surface area (Å²) in [4.78, 5) is 0. The van der Waals surface area contributed by atoms with Gasteiger partial charge in [-0.3, -0.25) is 0 Å². The Morgan fingerprint density at radius 1 is 1.42 bits per heavy atom. The molecule has 1 aromatic carbocycles.